The Kier molecular flexibility index (Phi) is 7.80. The zero-order valence-electron chi connectivity index (χ0n) is 11.7. The summed E-state index contributed by atoms with van der Waals surface area (Å²) in [7, 11) is 0. The van der Waals surface area contributed by atoms with Crippen LogP contribution in [0.2, 0.25) is 0 Å². The highest BCUT2D eigenvalue weighted by Gasteiger charge is 2.02. The molecule has 5 heteroatoms. The third-order valence-electron chi connectivity index (χ3n) is 2.94. The maximum Gasteiger partial charge on any atom is 0.303 e. The van der Waals surface area contributed by atoms with E-state index < -0.39 is 5.97 Å². The number of amides is 1. The molecule has 0 unspecified atom stereocenters. The minimum Gasteiger partial charge on any atom is -0.481 e. The lowest BCUT2D eigenvalue weighted by Crippen LogP contribution is -2.25. The maximum absolute atomic E-state index is 11.5. The molecule has 1 amide bonds. The zero-order valence-corrected chi connectivity index (χ0v) is 12.5. The number of unbranched alkanes of at least 4 members (excludes halogenated alkanes) is 1. The van der Waals surface area contributed by atoms with Gasteiger partial charge in [-0.2, -0.15) is 0 Å². The summed E-state index contributed by atoms with van der Waals surface area (Å²) < 4.78 is 0. The van der Waals surface area contributed by atoms with Gasteiger partial charge in [0.1, 0.15) is 0 Å². The standard InChI is InChI=1S/C15H21NO3S/c1-20-13-8-6-12(7-9-13)10-11-16-14(17)4-2-3-5-15(18)19/h6-9H,2-5,10-11H2,1H3,(H,16,17)(H,18,19). The Morgan fingerprint density at radius 1 is 1.15 bits per heavy atom. The summed E-state index contributed by atoms with van der Waals surface area (Å²) in [5.41, 5.74) is 1.20. The Balaban J connectivity index is 2.13. The van der Waals surface area contributed by atoms with E-state index >= 15 is 0 Å². The molecular formula is C15H21NO3S. The molecular weight excluding hydrogens is 274 g/mol. The summed E-state index contributed by atoms with van der Waals surface area (Å²) in [5.74, 6) is -0.810. The molecule has 1 rings (SSSR count). The number of rotatable bonds is 9. The molecule has 0 aliphatic rings. The van der Waals surface area contributed by atoms with E-state index in [1.54, 1.807) is 11.8 Å². The van der Waals surface area contributed by atoms with Gasteiger partial charge >= 0.3 is 5.97 Å². The lowest BCUT2D eigenvalue weighted by molar-refractivity contribution is -0.137. The zero-order chi connectivity index (χ0) is 14.8. The molecule has 1 aromatic carbocycles. The van der Waals surface area contributed by atoms with Gasteiger partial charge in [-0.05, 0) is 43.2 Å². The molecule has 0 aromatic heterocycles. The number of benzene rings is 1. The van der Waals surface area contributed by atoms with Crippen LogP contribution in [0.25, 0.3) is 0 Å². The monoisotopic (exact) mass is 295 g/mol. The fraction of sp³-hybridized carbons (Fsp3) is 0.467. The maximum atomic E-state index is 11.5. The minimum atomic E-state index is -0.806. The minimum absolute atomic E-state index is 0.00359. The van der Waals surface area contributed by atoms with Gasteiger partial charge in [-0.1, -0.05) is 12.1 Å². The molecule has 0 heterocycles. The molecule has 20 heavy (non-hydrogen) atoms. The van der Waals surface area contributed by atoms with Crippen LogP contribution in [0.15, 0.2) is 29.2 Å². The van der Waals surface area contributed by atoms with E-state index in [4.69, 9.17) is 5.11 Å². The molecule has 0 saturated carbocycles. The molecule has 0 saturated heterocycles. The molecule has 0 atom stereocenters. The fourth-order valence-corrected chi connectivity index (χ4v) is 2.20. The molecule has 4 nitrogen and oxygen atoms in total. The highest BCUT2D eigenvalue weighted by Crippen LogP contribution is 2.14. The van der Waals surface area contributed by atoms with E-state index in [2.05, 4.69) is 29.6 Å². The van der Waals surface area contributed by atoms with E-state index in [1.165, 1.54) is 10.5 Å². The Hall–Kier alpha value is -1.49. The van der Waals surface area contributed by atoms with Crippen LogP contribution >= 0.6 is 11.8 Å². The van der Waals surface area contributed by atoms with Crippen molar-refractivity contribution in [1.29, 1.82) is 0 Å². The summed E-state index contributed by atoms with van der Waals surface area (Å²) in [4.78, 5) is 23.1. The Labute approximate surface area is 124 Å². The topological polar surface area (TPSA) is 66.4 Å². The van der Waals surface area contributed by atoms with Crippen LogP contribution in [-0.2, 0) is 16.0 Å². The second-order valence-electron chi connectivity index (χ2n) is 4.55. The third kappa shape index (κ3) is 7.19. The number of hydrogen-bond donors (Lipinski definition) is 2. The molecule has 2 N–H and O–H groups in total. The normalized spacial score (nSPS) is 10.2. The van der Waals surface area contributed by atoms with Gasteiger partial charge in [0.15, 0.2) is 0 Å². The molecule has 0 aliphatic heterocycles. The van der Waals surface area contributed by atoms with Gasteiger partial charge in [0.2, 0.25) is 5.91 Å². The first-order chi connectivity index (χ1) is 9.61. The largest absolute Gasteiger partial charge is 0.481 e. The van der Waals surface area contributed by atoms with Crippen molar-refractivity contribution >= 4 is 23.6 Å². The Morgan fingerprint density at radius 2 is 1.80 bits per heavy atom. The van der Waals surface area contributed by atoms with Crippen molar-refractivity contribution in [3.63, 3.8) is 0 Å². The number of carbonyl (C=O) groups excluding carboxylic acids is 1. The van der Waals surface area contributed by atoms with Gasteiger partial charge in [0, 0.05) is 24.3 Å². The average molecular weight is 295 g/mol. The van der Waals surface area contributed by atoms with Gasteiger partial charge in [-0.3, -0.25) is 9.59 Å². The summed E-state index contributed by atoms with van der Waals surface area (Å²) in [6.45, 7) is 0.621. The van der Waals surface area contributed by atoms with Crippen LogP contribution < -0.4 is 5.32 Å². The van der Waals surface area contributed by atoms with Gasteiger partial charge < -0.3 is 10.4 Å². The highest BCUT2D eigenvalue weighted by atomic mass is 32.2. The second-order valence-corrected chi connectivity index (χ2v) is 5.43. The summed E-state index contributed by atoms with van der Waals surface area (Å²) in [6.07, 6.45) is 4.57. The molecule has 0 aliphatic carbocycles. The lowest BCUT2D eigenvalue weighted by atomic mass is 10.1. The van der Waals surface area contributed by atoms with E-state index in [9.17, 15) is 9.59 Å². The van der Waals surface area contributed by atoms with Crippen LogP contribution in [0.4, 0.5) is 0 Å². The van der Waals surface area contributed by atoms with Crippen LogP contribution in [-0.4, -0.2) is 29.8 Å². The molecule has 1 aromatic rings. The first-order valence-corrected chi connectivity index (χ1v) is 7.95. The number of carboxylic acids is 1. The first-order valence-electron chi connectivity index (χ1n) is 6.73. The SMILES string of the molecule is CSc1ccc(CCNC(=O)CCCCC(=O)O)cc1. The average Bonchev–Trinajstić information content (AvgIpc) is 2.44. The van der Waals surface area contributed by atoms with Crippen molar-refractivity contribution in [2.24, 2.45) is 0 Å². The van der Waals surface area contributed by atoms with E-state index in [0.717, 1.165) is 6.42 Å². The van der Waals surface area contributed by atoms with Gasteiger partial charge in [0.25, 0.3) is 0 Å². The predicted octanol–water partition coefficient (Wildman–Crippen LogP) is 2.71. The van der Waals surface area contributed by atoms with Crippen molar-refractivity contribution in [3.05, 3.63) is 29.8 Å². The van der Waals surface area contributed by atoms with Crippen LogP contribution in [0.1, 0.15) is 31.2 Å². The quantitative estimate of drug-likeness (QED) is 0.543. The fourth-order valence-electron chi connectivity index (χ4n) is 1.79. The Morgan fingerprint density at radius 3 is 2.40 bits per heavy atom. The third-order valence-corrected chi connectivity index (χ3v) is 3.68. The highest BCUT2D eigenvalue weighted by molar-refractivity contribution is 7.98. The second kappa shape index (κ2) is 9.42. The number of thioether (sulfide) groups is 1. The van der Waals surface area contributed by atoms with E-state index in [0.29, 0.717) is 25.8 Å². The summed E-state index contributed by atoms with van der Waals surface area (Å²) >= 11 is 1.71. The first kappa shape index (κ1) is 16.6. The number of aliphatic carboxylic acids is 1. The molecule has 110 valence electrons. The summed E-state index contributed by atoms with van der Waals surface area (Å²) in [6, 6.07) is 8.30. The van der Waals surface area contributed by atoms with Crippen molar-refractivity contribution < 1.29 is 14.7 Å². The van der Waals surface area contributed by atoms with Crippen LogP contribution in [0.3, 0.4) is 0 Å². The predicted molar refractivity (Wildman–Crippen MR) is 81.0 cm³/mol. The van der Waals surface area contributed by atoms with Gasteiger partial charge in [0.05, 0.1) is 0 Å². The molecule has 0 spiro atoms. The van der Waals surface area contributed by atoms with Crippen LogP contribution in [0.5, 0.6) is 0 Å². The molecule has 0 fully saturated rings. The van der Waals surface area contributed by atoms with Gasteiger partial charge in [-0.15, -0.1) is 11.8 Å². The van der Waals surface area contributed by atoms with E-state index in [1.807, 2.05) is 6.26 Å². The summed E-state index contributed by atoms with van der Waals surface area (Å²) in [5, 5.41) is 11.3. The van der Waals surface area contributed by atoms with E-state index in [-0.39, 0.29) is 12.3 Å². The number of carbonyl (C=O) groups is 2. The van der Waals surface area contributed by atoms with Crippen molar-refractivity contribution in [3.8, 4) is 0 Å². The smallest absolute Gasteiger partial charge is 0.303 e. The number of hydrogen-bond acceptors (Lipinski definition) is 3. The number of nitrogens with one attached hydrogen (secondary N) is 1. The number of carboxylic acid groups (broad SMARTS) is 1. The van der Waals surface area contributed by atoms with Crippen molar-refractivity contribution in [2.45, 2.75) is 37.0 Å². The molecule has 0 bridgehead atoms. The Bertz CT molecular complexity index is 431. The molecule has 0 radical (unpaired) electrons. The van der Waals surface area contributed by atoms with Crippen molar-refractivity contribution in [1.82, 2.24) is 5.32 Å². The van der Waals surface area contributed by atoms with Gasteiger partial charge in [-0.25, -0.2) is 0 Å². The lowest BCUT2D eigenvalue weighted by Gasteiger charge is -2.05. The van der Waals surface area contributed by atoms with Crippen molar-refractivity contribution in [2.75, 3.05) is 12.8 Å². The van der Waals surface area contributed by atoms with Crippen LogP contribution in [0, 0.1) is 0 Å².